The maximum atomic E-state index is 14.6. The van der Waals surface area contributed by atoms with Crippen LogP contribution in [0.15, 0.2) is 67.1 Å². The Morgan fingerprint density at radius 1 is 0.662 bits per heavy atom. The third kappa shape index (κ3) is 20.1. The molecule has 19 N–H and O–H groups in total. The van der Waals surface area contributed by atoms with E-state index in [1.807, 2.05) is 0 Å². The number of carbonyl (C=O) groups is 12. The molecule has 0 bridgehead atoms. The van der Waals surface area contributed by atoms with Crippen LogP contribution < -0.4 is 54.4 Å². The summed E-state index contributed by atoms with van der Waals surface area (Å²) < 4.78 is 0. The molecule has 0 spiro atoms. The van der Waals surface area contributed by atoms with Crippen LogP contribution in [0.25, 0.3) is 0 Å². The first kappa shape index (κ1) is 63.5. The maximum Gasteiger partial charge on any atom is 0.328 e. The molecule has 30 nitrogen and oxygen atoms in total. The molecule has 0 unspecified atom stereocenters. The topological polar surface area (TPSA) is 500 Å². The van der Waals surface area contributed by atoms with Crippen LogP contribution in [-0.4, -0.2) is 185 Å². The average Bonchev–Trinajstić information content (AvgIpc) is 4.13. The van der Waals surface area contributed by atoms with E-state index >= 15 is 0 Å². The Hall–Kier alpha value is -9.03. The van der Waals surface area contributed by atoms with Gasteiger partial charge in [-0.05, 0) is 55.9 Å². The molecule has 1 aliphatic heterocycles. The standard InChI is InChI=1S/C50H67N13O17/c1-25(65)41(50(79)80)62-46(75)32(18-26-6-3-2-4-7-26)59-48(77)37-8-5-17-63(37)49(78)35(19-27-9-11-29(66)12-10-27)60-47(76)36(23-64)61-44(73)33(20-28-22-54-24-55-28)58-43(72)31(14-16-40(69)70)56-45(74)34(21-39(53)68)57-42(71)30(51)13-15-38(52)67/h2-4,6-7,9-12,22,24-25,30-37,41,64-66H,5,8,13-21,23,51H2,1H3,(H2,52,67)(H2,53,68)(H,54,55)(H,56,74)(H,57,71)(H,58,72)(H,59,77)(H,60,76)(H,61,73)(H,62,75)(H,69,70)(H,79,80)/t25-,30+,31+,32+,33+,34+,35+,36+,37+,41+/m1/s1. The molecule has 4 rings (SSSR count). The number of primary amides is 2. The van der Waals surface area contributed by atoms with Gasteiger partial charge in [-0.2, -0.15) is 0 Å². The summed E-state index contributed by atoms with van der Waals surface area (Å²) in [6.45, 7) is 0.00572. The molecule has 1 fully saturated rings. The van der Waals surface area contributed by atoms with Gasteiger partial charge in [-0.3, -0.25) is 52.7 Å². The Morgan fingerprint density at radius 3 is 1.80 bits per heavy atom. The predicted molar refractivity (Wildman–Crippen MR) is 276 cm³/mol. The number of carboxylic acids is 2. The zero-order chi connectivity index (χ0) is 59.2. The number of aliphatic hydroxyl groups is 2. The number of hydrogen-bond acceptors (Lipinski definition) is 17. The number of aliphatic hydroxyl groups excluding tert-OH is 2. The smallest absolute Gasteiger partial charge is 0.328 e. The number of carboxylic acid groups (broad SMARTS) is 2. The summed E-state index contributed by atoms with van der Waals surface area (Å²) >= 11 is 0. The molecule has 0 radical (unpaired) electrons. The fourth-order valence-corrected chi connectivity index (χ4v) is 8.30. The lowest BCUT2D eigenvalue weighted by atomic mass is 10.0. The second kappa shape index (κ2) is 30.8. The summed E-state index contributed by atoms with van der Waals surface area (Å²) in [4.78, 5) is 166. The van der Waals surface area contributed by atoms with E-state index in [0.29, 0.717) is 11.1 Å². The van der Waals surface area contributed by atoms with Crippen LogP contribution in [0, 0.1) is 0 Å². The van der Waals surface area contributed by atoms with Crippen molar-refractivity contribution in [2.24, 2.45) is 17.2 Å². The third-order valence-corrected chi connectivity index (χ3v) is 12.6. The lowest BCUT2D eigenvalue weighted by molar-refractivity contribution is -0.145. The van der Waals surface area contributed by atoms with Crippen molar-refractivity contribution in [3.8, 4) is 5.75 Å². The first-order chi connectivity index (χ1) is 37.9. The molecule has 1 saturated heterocycles. The van der Waals surface area contributed by atoms with Crippen molar-refractivity contribution in [1.29, 1.82) is 0 Å². The van der Waals surface area contributed by atoms with Gasteiger partial charge in [-0.25, -0.2) is 9.78 Å². The van der Waals surface area contributed by atoms with E-state index in [0.717, 1.165) is 11.8 Å². The quantitative estimate of drug-likeness (QED) is 0.0277. The molecule has 0 aliphatic carbocycles. The number of aromatic hydroxyl groups is 1. The number of H-pyrrole nitrogens is 1. The highest BCUT2D eigenvalue weighted by molar-refractivity contribution is 5.99. The zero-order valence-electron chi connectivity index (χ0n) is 43.4. The monoisotopic (exact) mass is 1120 g/mol. The van der Waals surface area contributed by atoms with E-state index in [9.17, 15) is 83.1 Å². The number of phenolic OH excluding ortho intramolecular Hbond substituents is 1. The number of rotatable bonds is 32. The van der Waals surface area contributed by atoms with Crippen LogP contribution in [0.3, 0.4) is 0 Å². The number of phenols is 1. The van der Waals surface area contributed by atoms with E-state index in [-0.39, 0.29) is 56.5 Å². The Balaban J connectivity index is 1.59. The predicted octanol–water partition coefficient (Wildman–Crippen LogP) is -5.68. The molecule has 1 aliphatic rings. The second-order valence-electron chi connectivity index (χ2n) is 18.9. The van der Waals surface area contributed by atoms with Gasteiger partial charge in [0.15, 0.2) is 6.04 Å². The first-order valence-corrected chi connectivity index (χ1v) is 25.1. The van der Waals surface area contributed by atoms with Gasteiger partial charge >= 0.3 is 11.9 Å². The number of benzene rings is 2. The van der Waals surface area contributed by atoms with Gasteiger partial charge in [0.25, 0.3) is 0 Å². The lowest BCUT2D eigenvalue weighted by Crippen LogP contribution is -2.61. The number of imidazole rings is 1. The average molecular weight is 1120 g/mol. The van der Waals surface area contributed by atoms with Gasteiger partial charge in [0.05, 0.1) is 31.5 Å². The van der Waals surface area contributed by atoms with E-state index in [1.54, 1.807) is 30.3 Å². The molecule has 10 amide bonds. The van der Waals surface area contributed by atoms with Crippen LogP contribution in [0.1, 0.15) is 68.7 Å². The van der Waals surface area contributed by atoms with Crippen molar-refractivity contribution in [3.63, 3.8) is 0 Å². The van der Waals surface area contributed by atoms with E-state index in [2.05, 4.69) is 47.2 Å². The third-order valence-electron chi connectivity index (χ3n) is 12.6. The van der Waals surface area contributed by atoms with E-state index < -0.39 is 164 Å². The molecule has 434 valence electrons. The van der Waals surface area contributed by atoms with Crippen molar-refractivity contribution in [1.82, 2.24) is 52.1 Å². The molecule has 80 heavy (non-hydrogen) atoms. The minimum absolute atomic E-state index is 0.0341. The molecule has 2 aromatic carbocycles. The van der Waals surface area contributed by atoms with Gasteiger partial charge in [0.1, 0.15) is 48.0 Å². The number of carbonyl (C=O) groups excluding carboxylic acids is 10. The van der Waals surface area contributed by atoms with Gasteiger partial charge in [-0.1, -0.05) is 42.5 Å². The summed E-state index contributed by atoms with van der Waals surface area (Å²) in [5, 5.41) is 66.2. The number of nitrogens with two attached hydrogens (primary N) is 3. The molecule has 2 heterocycles. The first-order valence-electron chi connectivity index (χ1n) is 25.1. The highest BCUT2D eigenvalue weighted by Gasteiger charge is 2.41. The van der Waals surface area contributed by atoms with Crippen LogP contribution in [0.4, 0.5) is 0 Å². The van der Waals surface area contributed by atoms with Crippen molar-refractivity contribution in [2.75, 3.05) is 13.2 Å². The van der Waals surface area contributed by atoms with Gasteiger partial charge in [0.2, 0.25) is 59.1 Å². The summed E-state index contributed by atoms with van der Waals surface area (Å²) in [5.74, 6) is -13.3. The number of aromatic amines is 1. The minimum atomic E-state index is -1.87. The van der Waals surface area contributed by atoms with Crippen LogP contribution in [-0.2, 0) is 76.8 Å². The summed E-state index contributed by atoms with van der Waals surface area (Å²) in [6, 6.07) is -0.613. The highest BCUT2D eigenvalue weighted by Crippen LogP contribution is 2.21. The normalized spacial score (nSPS) is 16.3. The largest absolute Gasteiger partial charge is 0.508 e. The molecule has 1 aromatic heterocycles. The number of nitrogens with zero attached hydrogens (tertiary/aromatic N) is 2. The van der Waals surface area contributed by atoms with Gasteiger partial charge < -0.3 is 89.8 Å². The fourth-order valence-electron chi connectivity index (χ4n) is 8.30. The Morgan fingerprint density at radius 2 is 1.21 bits per heavy atom. The molecule has 30 heteroatoms. The summed E-state index contributed by atoms with van der Waals surface area (Å²) in [6.07, 6.45) is -2.28. The maximum absolute atomic E-state index is 14.6. The summed E-state index contributed by atoms with van der Waals surface area (Å²) in [5.41, 5.74) is 17.4. The molecule has 3 aromatic rings. The Labute approximate surface area is 456 Å². The lowest BCUT2D eigenvalue weighted by Gasteiger charge is -2.31. The Bertz CT molecular complexity index is 2680. The van der Waals surface area contributed by atoms with Crippen molar-refractivity contribution < 1.29 is 83.1 Å². The summed E-state index contributed by atoms with van der Waals surface area (Å²) in [7, 11) is 0. The molecular formula is C50H67N13O17. The molecule has 0 saturated carbocycles. The van der Waals surface area contributed by atoms with Gasteiger partial charge in [0, 0.05) is 50.5 Å². The van der Waals surface area contributed by atoms with Crippen molar-refractivity contribution in [3.05, 3.63) is 83.9 Å². The number of aliphatic carboxylic acids is 2. The number of aromatic nitrogens is 2. The van der Waals surface area contributed by atoms with Crippen molar-refractivity contribution >= 4 is 71.0 Å². The SMILES string of the molecule is C[C@@H](O)[C@H](NC(=O)[C@H](Cc1ccccc1)NC(=O)[C@@H]1CCCN1C(=O)[C@H](Cc1ccc(O)cc1)NC(=O)[C@H](CO)NC(=O)[C@H](Cc1cnc[nH]1)NC(=O)[C@H](CCC(=O)O)NC(=O)[C@H](CC(N)=O)NC(=O)[C@@H](N)CCC(N)=O)C(=O)O. The number of amides is 10. The zero-order valence-corrected chi connectivity index (χ0v) is 43.4. The van der Waals surface area contributed by atoms with Crippen LogP contribution in [0.2, 0.25) is 0 Å². The number of nitrogens with one attached hydrogen (secondary N) is 8. The number of hydrogen-bond donors (Lipinski definition) is 16. The second-order valence-corrected chi connectivity index (χ2v) is 18.9. The number of likely N-dealkylation sites (tertiary alicyclic amines) is 1. The van der Waals surface area contributed by atoms with Gasteiger partial charge in [-0.15, -0.1) is 0 Å². The highest BCUT2D eigenvalue weighted by atomic mass is 16.4. The molecular weight excluding hydrogens is 1050 g/mol. The fraction of sp³-hybridized carbons (Fsp3) is 0.460. The van der Waals surface area contributed by atoms with Crippen LogP contribution in [0.5, 0.6) is 5.75 Å². The van der Waals surface area contributed by atoms with E-state index in [1.165, 1.54) is 36.8 Å². The van der Waals surface area contributed by atoms with Crippen molar-refractivity contribution in [2.45, 2.75) is 132 Å². The molecule has 10 atom stereocenters. The van der Waals surface area contributed by atoms with Crippen LogP contribution >= 0.6 is 0 Å². The van der Waals surface area contributed by atoms with E-state index in [4.69, 9.17) is 17.2 Å². The Kier molecular flexibility index (Phi) is 24.4. The minimum Gasteiger partial charge on any atom is -0.508 e.